The number of hydrogen-bond acceptors (Lipinski definition) is 3. The first-order valence-electron chi connectivity index (χ1n) is 5.29. The summed E-state index contributed by atoms with van der Waals surface area (Å²) >= 11 is 0. The van der Waals surface area contributed by atoms with Gasteiger partial charge in [0.05, 0.1) is 5.69 Å². The van der Waals surface area contributed by atoms with E-state index in [0.29, 0.717) is 11.5 Å². The Morgan fingerprint density at radius 3 is 2.78 bits per heavy atom. The molecule has 0 radical (unpaired) electrons. The highest BCUT2D eigenvalue weighted by molar-refractivity contribution is 5.75. The maximum absolute atomic E-state index is 13.9. The first-order chi connectivity index (χ1) is 8.50. The molecule has 2 rings (SSSR count). The van der Waals surface area contributed by atoms with E-state index in [-0.39, 0.29) is 5.56 Å². The fourth-order valence-corrected chi connectivity index (χ4v) is 1.69. The molecule has 0 bridgehead atoms. The van der Waals surface area contributed by atoms with E-state index in [0.717, 1.165) is 6.07 Å². The molecule has 1 aromatic heterocycles. The van der Waals surface area contributed by atoms with Gasteiger partial charge in [0.2, 0.25) is 0 Å². The van der Waals surface area contributed by atoms with Gasteiger partial charge in [-0.15, -0.1) is 0 Å². The highest BCUT2D eigenvalue weighted by Gasteiger charge is 2.16. The van der Waals surface area contributed by atoms with Crippen molar-refractivity contribution in [1.29, 1.82) is 0 Å². The predicted octanol–water partition coefficient (Wildman–Crippen LogP) is 1.40. The molecule has 94 valence electrons. The lowest BCUT2D eigenvalue weighted by Gasteiger charge is -2.10. The lowest BCUT2D eigenvalue weighted by Crippen LogP contribution is -2.20. The number of imidazole rings is 1. The molecule has 0 saturated heterocycles. The second-order valence-corrected chi connectivity index (χ2v) is 3.87. The molecule has 18 heavy (non-hydrogen) atoms. The number of benzene rings is 1. The van der Waals surface area contributed by atoms with E-state index in [9.17, 15) is 9.18 Å². The Morgan fingerprint density at radius 1 is 1.56 bits per heavy atom. The number of aryl methyl sites for hydroxylation is 1. The maximum atomic E-state index is 13.9. The summed E-state index contributed by atoms with van der Waals surface area (Å²) in [7, 11) is 0. The summed E-state index contributed by atoms with van der Waals surface area (Å²) in [6.07, 6.45) is 3.19. The zero-order valence-electron chi connectivity index (χ0n) is 9.67. The van der Waals surface area contributed by atoms with Gasteiger partial charge in [-0.25, -0.2) is 9.37 Å². The van der Waals surface area contributed by atoms with Crippen LogP contribution in [-0.4, -0.2) is 20.6 Å². The van der Waals surface area contributed by atoms with E-state index in [1.54, 1.807) is 23.9 Å². The van der Waals surface area contributed by atoms with E-state index in [1.165, 1.54) is 12.1 Å². The summed E-state index contributed by atoms with van der Waals surface area (Å²) in [5.41, 5.74) is 5.96. The highest BCUT2D eigenvalue weighted by atomic mass is 19.1. The van der Waals surface area contributed by atoms with Gasteiger partial charge in [0.25, 0.3) is 0 Å². The number of nitrogens with two attached hydrogens (primary N) is 1. The van der Waals surface area contributed by atoms with Crippen molar-refractivity contribution < 1.29 is 14.3 Å². The Kier molecular flexibility index (Phi) is 3.12. The quantitative estimate of drug-likeness (QED) is 0.861. The monoisotopic (exact) mass is 249 g/mol. The van der Waals surface area contributed by atoms with E-state index in [4.69, 9.17) is 10.8 Å². The Hall–Kier alpha value is -2.21. The minimum atomic E-state index is -1.22. The minimum Gasteiger partial charge on any atom is -0.480 e. The van der Waals surface area contributed by atoms with Crippen molar-refractivity contribution in [3.8, 4) is 5.69 Å². The largest absolute Gasteiger partial charge is 0.480 e. The summed E-state index contributed by atoms with van der Waals surface area (Å²) in [4.78, 5) is 14.7. The molecule has 0 saturated carbocycles. The molecule has 1 atom stereocenters. The van der Waals surface area contributed by atoms with Crippen LogP contribution in [0.2, 0.25) is 0 Å². The zero-order chi connectivity index (χ0) is 13.3. The molecule has 0 spiro atoms. The van der Waals surface area contributed by atoms with Gasteiger partial charge >= 0.3 is 5.97 Å². The Bertz CT molecular complexity index is 595. The second kappa shape index (κ2) is 4.58. The minimum absolute atomic E-state index is 0.224. The molecule has 0 aliphatic heterocycles. The molecule has 2 aromatic rings. The van der Waals surface area contributed by atoms with Crippen LogP contribution in [-0.2, 0) is 4.79 Å². The van der Waals surface area contributed by atoms with E-state index >= 15 is 0 Å². The summed E-state index contributed by atoms with van der Waals surface area (Å²) in [5.74, 6) is -1.09. The Morgan fingerprint density at radius 2 is 2.28 bits per heavy atom. The van der Waals surface area contributed by atoms with Gasteiger partial charge in [-0.1, -0.05) is 6.07 Å². The number of aliphatic carboxylic acids is 1. The Balaban J connectivity index is 2.43. The van der Waals surface area contributed by atoms with Crippen molar-refractivity contribution in [3.63, 3.8) is 0 Å². The van der Waals surface area contributed by atoms with Crippen LogP contribution < -0.4 is 5.73 Å². The van der Waals surface area contributed by atoms with Gasteiger partial charge < -0.3 is 15.4 Å². The van der Waals surface area contributed by atoms with Crippen LogP contribution in [0.25, 0.3) is 5.69 Å². The van der Waals surface area contributed by atoms with Crippen molar-refractivity contribution in [3.05, 3.63) is 47.8 Å². The summed E-state index contributed by atoms with van der Waals surface area (Å²) in [5, 5.41) is 8.76. The number of rotatable bonds is 3. The Labute approximate surface area is 103 Å². The average Bonchev–Trinajstić information content (AvgIpc) is 2.74. The third kappa shape index (κ3) is 2.10. The van der Waals surface area contributed by atoms with Crippen molar-refractivity contribution in [2.75, 3.05) is 0 Å². The molecule has 1 heterocycles. The van der Waals surface area contributed by atoms with Gasteiger partial charge in [0.1, 0.15) is 17.7 Å². The molecule has 0 aliphatic carbocycles. The lowest BCUT2D eigenvalue weighted by molar-refractivity contribution is -0.138. The zero-order valence-corrected chi connectivity index (χ0v) is 9.67. The summed E-state index contributed by atoms with van der Waals surface area (Å²) in [6.45, 7) is 1.75. The van der Waals surface area contributed by atoms with Gasteiger partial charge in [0, 0.05) is 12.4 Å². The number of hydrogen-bond donors (Lipinski definition) is 2. The lowest BCUT2D eigenvalue weighted by atomic mass is 10.1. The number of nitrogens with zero attached hydrogens (tertiary/aromatic N) is 2. The first kappa shape index (κ1) is 12.3. The summed E-state index contributed by atoms with van der Waals surface area (Å²) in [6, 6.07) is 2.89. The topological polar surface area (TPSA) is 81.1 Å². The number of halogens is 1. The standard InChI is InChI=1S/C12H12FN3O2/c1-7-15-4-5-16(7)10-3-2-8(6-9(10)13)11(14)12(17)18/h2-6,11H,14H2,1H3,(H,17,18). The molecule has 0 amide bonds. The van der Waals surface area contributed by atoms with Crippen molar-refractivity contribution in [2.24, 2.45) is 5.73 Å². The number of carboxylic acid groups (broad SMARTS) is 1. The molecule has 3 N–H and O–H groups in total. The molecule has 0 aliphatic rings. The van der Waals surface area contributed by atoms with Crippen LogP contribution in [0.15, 0.2) is 30.6 Å². The predicted molar refractivity (Wildman–Crippen MR) is 62.8 cm³/mol. The van der Waals surface area contributed by atoms with E-state index in [1.807, 2.05) is 0 Å². The van der Waals surface area contributed by atoms with Gasteiger partial charge in [-0.05, 0) is 24.6 Å². The van der Waals surface area contributed by atoms with Gasteiger partial charge in [-0.3, -0.25) is 4.79 Å². The third-order valence-electron chi connectivity index (χ3n) is 2.68. The van der Waals surface area contributed by atoms with Gasteiger partial charge in [-0.2, -0.15) is 0 Å². The number of carboxylic acids is 1. The van der Waals surface area contributed by atoms with Crippen molar-refractivity contribution in [2.45, 2.75) is 13.0 Å². The highest BCUT2D eigenvalue weighted by Crippen LogP contribution is 2.19. The van der Waals surface area contributed by atoms with E-state index in [2.05, 4.69) is 4.98 Å². The summed E-state index contributed by atoms with van der Waals surface area (Å²) < 4.78 is 15.5. The van der Waals surface area contributed by atoms with Crippen molar-refractivity contribution >= 4 is 5.97 Å². The normalized spacial score (nSPS) is 12.4. The van der Waals surface area contributed by atoms with Crippen molar-refractivity contribution in [1.82, 2.24) is 9.55 Å². The smallest absolute Gasteiger partial charge is 0.325 e. The second-order valence-electron chi connectivity index (χ2n) is 3.87. The van der Waals surface area contributed by atoms with Crippen LogP contribution in [0.5, 0.6) is 0 Å². The molecular formula is C12H12FN3O2. The van der Waals surface area contributed by atoms with Crippen LogP contribution in [0.3, 0.4) is 0 Å². The van der Waals surface area contributed by atoms with Crippen LogP contribution in [0, 0.1) is 12.7 Å². The fourth-order valence-electron chi connectivity index (χ4n) is 1.69. The average molecular weight is 249 g/mol. The first-order valence-corrected chi connectivity index (χ1v) is 5.29. The molecule has 1 unspecified atom stereocenters. The molecule has 0 fully saturated rings. The van der Waals surface area contributed by atoms with E-state index < -0.39 is 17.8 Å². The maximum Gasteiger partial charge on any atom is 0.325 e. The van der Waals surface area contributed by atoms with Crippen LogP contribution >= 0.6 is 0 Å². The molecular weight excluding hydrogens is 237 g/mol. The SMILES string of the molecule is Cc1nccn1-c1ccc(C(N)C(=O)O)cc1F. The molecule has 5 nitrogen and oxygen atoms in total. The number of carbonyl (C=O) groups is 1. The number of aromatic nitrogens is 2. The van der Waals surface area contributed by atoms with Crippen LogP contribution in [0.1, 0.15) is 17.4 Å². The van der Waals surface area contributed by atoms with Crippen LogP contribution in [0.4, 0.5) is 4.39 Å². The molecule has 6 heteroatoms. The van der Waals surface area contributed by atoms with Gasteiger partial charge in [0.15, 0.2) is 0 Å². The molecule has 1 aromatic carbocycles. The third-order valence-corrected chi connectivity index (χ3v) is 2.68. The fraction of sp³-hybridized carbons (Fsp3) is 0.167.